The first-order chi connectivity index (χ1) is 13.7. The number of fused-ring (bicyclic) bond motifs is 1. The first kappa shape index (κ1) is 18.9. The average Bonchev–Trinajstić information content (AvgIpc) is 3.41. The fourth-order valence-electron chi connectivity index (χ4n) is 3.52. The maximum atomic E-state index is 4.37. The molecule has 1 saturated carbocycles. The average molecular weight is 441 g/mol. The Balaban J connectivity index is 1.25. The summed E-state index contributed by atoms with van der Waals surface area (Å²) in [4.78, 5) is 4.37. The highest BCUT2D eigenvalue weighted by Crippen LogP contribution is 2.48. The van der Waals surface area contributed by atoms with E-state index < -0.39 is 0 Å². The molecular formula is C21H25BrN6. The molecule has 2 heterocycles. The van der Waals surface area contributed by atoms with Crippen LogP contribution in [0.25, 0.3) is 5.65 Å². The van der Waals surface area contributed by atoms with Gasteiger partial charge in [0, 0.05) is 42.6 Å². The number of guanidine groups is 1. The number of rotatable bonds is 7. The molecule has 0 unspecified atom stereocenters. The van der Waals surface area contributed by atoms with Gasteiger partial charge < -0.3 is 10.6 Å². The van der Waals surface area contributed by atoms with Gasteiger partial charge >= 0.3 is 0 Å². The summed E-state index contributed by atoms with van der Waals surface area (Å²) < 4.78 is 3.18. The van der Waals surface area contributed by atoms with Crippen molar-refractivity contribution in [2.75, 3.05) is 20.1 Å². The molecule has 0 aliphatic heterocycles. The molecule has 1 aromatic carbocycles. The van der Waals surface area contributed by atoms with Crippen LogP contribution in [0.15, 0.2) is 58.1 Å². The first-order valence-corrected chi connectivity index (χ1v) is 10.5. The molecule has 6 nitrogen and oxygen atoms in total. The molecule has 7 heteroatoms. The van der Waals surface area contributed by atoms with Gasteiger partial charge in [-0.15, -0.1) is 10.2 Å². The van der Waals surface area contributed by atoms with E-state index >= 15 is 0 Å². The number of nitrogens with one attached hydrogen (secondary N) is 2. The van der Waals surface area contributed by atoms with E-state index in [4.69, 9.17) is 0 Å². The zero-order valence-corrected chi connectivity index (χ0v) is 17.6. The predicted octanol–water partition coefficient (Wildman–Crippen LogP) is 3.32. The van der Waals surface area contributed by atoms with Crippen molar-refractivity contribution < 1.29 is 0 Å². The van der Waals surface area contributed by atoms with Crippen LogP contribution in [0.2, 0.25) is 0 Å². The number of aliphatic imine (C=N–C) groups is 1. The molecule has 146 valence electrons. The number of aromatic nitrogens is 3. The van der Waals surface area contributed by atoms with Gasteiger partial charge in [-0.1, -0.05) is 34.1 Å². The minimum absolute atomic E-state index is 0.238. The Bertz CT molecular complexity index is 976. The second-order valence-electron chi connectivity index (χ2n) is 7.29. The lowest BCUT2D eigenvalue weighted by atomic mass is 9.96. The number of halogens is 1. The largest absolute Gasteiger partial charge is 0.356 e. The van der Waals surface area contributed by atoms with Crippen LogP contribution in [-0.2, 0) is 11.8 Å². The molecule has 0 bridgehead atoms. The fraction of sp³-hybridized carbons (Fsp3) is 0.381. The summed E-state index contributed by atoms with van der Waals surface area (Å²) in [5.74, 6) is 1.85. The molecule has 0 atom stereocenters. The van der Waals surface area contributed by atoms with Crippen LogP contribution in [0.5, 0.6) is 0 Å². The van der Waals surface area contributed by atoms with Gasteiger partial charge in [0.1, 0.15) is 5.82 Å². The molecule has 1 aliphatic rings. The van der Waals surface area contributed by atoms with Crippen LogP contribution >= 0.6 is 15.9 Å². The van der Waals surface area contributed by atoms with Crippen LogP contribution in [0.3, 0.4) is 0 Å². The molecule has 3 aromatic rings. The number of hydrogen-bond acceptors (Lipinski definition) is 3. The van der Waals surface area contributed by atoms with Crippen molar-refractivity contribution in [2.24, 2.45) is 4.99 Å². The zero-order chi connectivity index (χ0) is 19.4. The normalized spacial score (nSPS) is 15.6. The lowest BCUT2D eigenvalue weighted by Gasteiger charge is -2.19. The van der Waals surface area contributed by atoms with Crippen molar-refractivity contribution in [3.8, 4) is 0 Å². The summed E-state index contributed by atoms with van der Waals surface area (Å²) >= 11 is 3.58. The van der Waals surface area contributed by atoms with E-state index in [9.17, 15) is 0 Å². The van der Waals surface area contributed by atoms with Crippen molar-refractivity contribution in [3.63, 3.8) is 0 Å². The molecule has 0 spiro atoms. The molecule has 2 aromatic heterocycles. The second-order valence-corrected chi connectivity index (χ2v) is 8.21. The van der Waals surface area contributed by atoms with Crippen LogP contribution in [-0.4, -0.2) is 40.7 Å². The molecule has 0 amide bonds. The molecule has 28 heavy (non-hydrogen) atoms. The summed E-state index contributed by atoms with van der Waals surface area (Å²) in [5.41, 5.74) is 2.52. The van der Waals surface area contributed by atoms with Gasteiger partial charge in [-0.3, -0.25) is 9.39 Å². The van der Waals surface area contributed by atoms with Gasteiger partial charge in [-0.25, -0.2) is 0 Å². The third-order valence-corrected chi connectivity index (χ3v) is 5.86. The van der Waals surface area contributed by atoms with Crippen molar-refractivity contribution in [1.29, 1.82) is 0 Å². The van der Waals surface area contributed by atoms with Crippen LogP contribution < -0.4 is 10.6 Å². The Kier molecular flexibility index (Phi) is 5.62. The van der Waals surface area contributed by atoms with Crippen LogP contribution in [0, 0.1) is 0 Å². The van der Waals surface area contributed by atoms with Gasteiger partial charge in [0.05, 0.1) is 0 Å². The van der Waals surface area contributed by atoms with Crippen molar-refractivity contribution in [2.45, 2.75) is 31.1 Å². The SMILES string of the molecule is CN=C(NCCCc1nnc2ccccn12)NCC1(c2cccc(Br)c2)CC1. The highest BCUT2D eigenvalue weighted by atomic mass is 79.9. The van der Waals surface area contributed by atoms with Gasteiger partial charge in [-0.2, -0.15) is 0 Å². The second kappa shape index (κ2) is 8.31. The molecule has 4 rings (SSSR count). The predicted molar refractivity (Wildman–Crippen MR) is 116 cm³/mol. The lowest BCUT2D eigenvalue weighted by Crippen LogP contribution is -2.41. The summed E-state index contributed by atoms with van der Waals surface area (Å²) in [6.07, 6.45) is 6.28. The summed E-state index contributed by atoms with van der Waals surface area (Å²) in [6, 6.07) is 14.6. The Morgan fingerprint density at radius 1 is 1.18 bits per heavy atom. The number of hydrogen-bond donors (Lipinski definition) is 2. The van der Waals surface area contributed by atoms with Crippen LogP contribution in [0.1, 0.15) is 30.7 Å². The lowest BCUT2D eigenvalue weighted by molar-refractivity contribution is 0.639. The van der Waals surface area contributed by atoms with Gasteiger partial charge in [0.2, 0.25) is 0 Å². The molecular weight excluding hydrogens is 416 g/mol. The van der Waals surface area contributed by atoms with E-state index in [0.717, 1.165) is 47.8 Å². The smallest absolute Gasteiger partial charge is 0.191 e. The Hall–Kier alpha value is -2.41. The number of aryl methyl sites for hydroxylation is 1. The summed E-state index contributed by atoms with van der Waals surface area (Å²) in [7, 11) is 1.82. The van der Waals surface area contributed by atoms with Gasteiger partial charge in [-0.05, 0) is 49.1 Å². The number of pyridine rings is 1. The minimum Gasteiger partial charge on any atom is -0.356 e. The molecule has 1 fully saturated rings. The molecule has 2 N–H and O–H groups in total. The van der Waals surface area contributed by atoms with E-state index in [1.54, 1.807) is 0 Å². The van der Waals surface area contributed by atoms with Crippen molar-refractivity contribution in [1.82, 2.24) is 25.2 Å². The van der Waals surface area contributed by atoms with E-state index in [2.05, 4.69) is 66.0 Å². The topological polar surface area (TPSA) is 66.6 Å². The summed E-state index contributed by atoms with van der Waals surface area (Å²) in [6.45, 7) is 1.74. The first-order valence-electron chi connectivity index (χ1n) is 9.69. The maximum absolute atomic E-state index is 4.37. The van der Waals surface area contributed by atoms with Crippen molar-refractivity contribution >= 4 is 27.5 Å². The van der Waals surface area contributed by atoms with E-state index in [1.807, 2.05) is 35.8 Å². The molecule has 0 saturated heterocycles. The van der Waals surface area contributed by atoms with Crippen LogP contribution in [0.4, 0.5) is 0 Å². The van der Waals surface area contributed by atoms with E-state index in [1.165, 1.54) is 18.4 Å². The fourth-order valence-corrected chi connectivity index (χ4v) is 3.92. The monoisotopic (exact) mass is 440 g/mol. The molecule has 1 aliphatic carbocycles. The highest BCUT2D eigenvalue weighted by molar-refractivity contribution is 9.10. The zero-order valence-electron chi connectivity index (χ0n) is 16.0. The van der Waals surface area contributed by atoms with Gasteiger partial charge in [0.25, 0.3) is 0 Å². The molecule has 0 radical (unpaired) electrons. The number of benzene rings is 1. The maximum Gasteiger partial charge on any atom is 0.191 e. The Labute approximate surface area is 173 Å². The third-order valence-electron chi connectivity index (χ3n) is 5.36. The van der Waals surface area contributed by atoms with Gasteiger partial charge in [0.15, 0.2) is 11.6 Å². The number of nitrogens with zero attached hydrogens (tertiary/aromatic N) is 4. The quantitative estimate of drug-likeness (QED) is 0.336. The highest BCUT2D eigenvalue weighted by Gasteiger charge is 2.44. The van der Waals surface area contributed by atoms with E-state index in [-0.39, 0.29) is 5.41 Å². The Morgan fingerprint density at radius 3 is 2.86 bits per heavy atom. The minimum atomic E-state index is 0.238. The van der Waals surface area contributed by atoms with E-state index in [0.29, 0.717) is 0 Å². The standard InChI is InChI=1S/C21H25BrN6/c1-23-20(25-15-21(10-11-21)16-6-4-7-17(22)14-16)24-12-5-9-19-27-26-18-8-2-3-13-28(18)19/h2-4,6-8,13-14H,5,9-12,15H2,1H3,(H2,23,24,25). The Morgan fingerprint density at radius 2 is 2.07 bits per heavy atom. The van der Waals surface area contributed by atoms with Crippen molar-refractivity contribution in [3.05, 3.63) is 64.5 Å². The summed E-state index contributed by atoms with van der Waals surface area (Å²) in [5, 5.41) is 15.4. The third kappa shape index (κ3) is 4.19.